The van der Waals surface area contributed by atoms with Crippen LogP contribution >= 0.6 is 31.9 Å². The van der Waals surface area contributed by atoms with Crippen LogP contribution in [0, 0.1) is 6.92 Å². The largest absolute Gasteiger partial charge is 0.287 e. The number of rotatable bonds is 3. The van der Waals surface area contributed by atoms with Gasteiger partial charge in [0.05, 0.1) is 10.7 Å². The highest BCUT2D eigenvalue weighted by Gasteiger charge is 2.19. The molecule has 0 spiro atoms. The van der Waals surface area contributed by atoms with Gasteiger partial charge in [-0.1, -0.05) is 22.0 Å². The maximum atomic E-state index is 12.6. The molecule has 3 nitrogen and oxygen atoms in total. The Bertz CT molecular complexity index is 605. The monoisotopic (exact) mass is 370 g/mol. The first-order valence-electron chi connectivity index (χ1n) is 5.56. The van der Waals surface area contributed by atoms with Crippen molar-refractivity contribution >= 4 is 37.6 Å². The fourth-order valence-corrected chi connectivity index (χ4v) is 2.63. The molecule has 0 N–H and O–H groups in total. The van der Waals surface area contributed by atoms with Crippen LogP contribution in [0.1, 0.15) is 28.5 Å². The number of aryl methyl sites for hydroxylation is 2. The van der Waals surface area contributed by atoms with Crippen molar-refractivity contribution in [1.29, 1.82) is 0 Å². The van der Waals surface area contributed by atoms with Crippen LogP contribution in [0.5, 0.6) is 0 Å². The molecular formula is C13H12Br2N2O. The number of benzene rings is 1. The summed E-state index contributed by atoms with van der Waals surface area (Å²) in [6.45, 7) is 4.56. The molecule has 94 valence electrons. The number of nitrogens with zero attached hydrogens (tertiary/aromatic N) is 2. The smallest absolute Gasteiger partial charge is 0.212 e. The predicted molar refractivity (Wildman–Crippen MR) is 77.9 cm³/mol. The maximum absolute atomic E-state index is 12.6. The lowest BCUT2D eigenvalue weighted by Gasteiger charge is -2.08. The Kier molecular flexibility index (Phi) is 4.02. The summed E-state index contributed by atoms with van der Waals surface area (Å²) in [6.07, 6.45) is 1.66. The quantitative estimate of drug-likeness (QED) is 0.765. The van der Waals surface area contributed by atoms with Crippen molar-refractivity contribution in [3.8, 4) is 0 Å². The van der Waals surface area contributed by atoms with Crippen LogP contribution in [0.4, 0.5) is 0 Å². The summed E-state index contributed by atoms with van der Waals surface area (Å²) in [4.78, 5) is 12.6. The summed E-state index contributed by atoms with van der Waals surface area (Å²) in [6, 6.07) is 5.70. The van der Waals surface area contributed by atoms with E-state index in [-0.39, 0.29) is 5.78 Å². The van der Waals surface area contributed by atoms with Gasteiger partial charge in [-0.15, -0.1) is 0 Å². The lowest BCUT2D eigenvalue weighted by molar-refractivity contribution is 0.102. The molecule has 2 aromatic rings. The SMILES string of the molecule is CCn1ncc(Br)c1C(=O)c1cc(Br)ccc1C. The van der Waals surface area contributed by atoms with E-state index >= 15 is 0 Å². The highest BCUT2D eigenvalue weighted by Crippen LogP contribution is 2.23. The molecule has 1 heterocycles. The van der Waals surface area contributed by atoms with Gasteiger partial charge in [0.25, 0.3) is 0 Å². The first-order chi connectivity index (χ1) is 8.54. The fraction of sp³-hybridized carbons (Fsp3) is 0.231. The Labute approximate surface area is 122 Å². The molecule has 0 amide bonds. The third kappa shape index (κ3) is 2.42. The summed E-state index contributed by atoms with van der Waals surface area (Å²) in [5.74, 6) is -0.0139. The van der Waals surface area contributed by atoms with Crippen LogP contribution in [-0.2, 0) is 6.54 Å². The van der Waals surface area contributed by atoms with E-state index in [1.807, 2.05) is 32.0 Å². The first-order valence-corrected chi connectivity index (χ1v) is 7.15. The zero-order valence-electron chi connectivity index (χ0n) is 10.1. The van der Waals surface area contributed by atoms with Gasteiger partial charge < -0.3 is 0 Å². The third-order valence-corrected chi connectivity index (χ3v) is 3.83. The molecule has 0 aliphatic carbocycles. The Hall–Kier alpha value is -0.940. The van der Waals surface area contributed by atoms with Gasteiger partial charge in [-0.2, -0.15) is 5.10 Å². The maximum Gasteiger partial charge on any atom is 0.212 e. The van der Waals surface area contributed by atoms with Crippen molar-refractivity contribution in [1.82, 2.24) is 9.78 Å². The van der Waals surface area contributed by atoms with Gasteiger partial charge in [0.1, 0.15) is 5.69 Å². The Balaban J connectivity index is 2.54. The van der Waals surface area contributed by atoms with Gasteiger partial charge in [0, 0.05) is 16.6 Å². The number of ketones is 1. The van der Waals surface area contributed by atoms with Crippen molar-refractivity contribution in [2.45, 2.75) is 20.4 Å². The minimum absolute atomic E-state index is 0.0139. The van der Waals surface area contributed by atoms with Crippen molar-refractivity contribution in [3.63, 3.8) is 0 Å². The molecule has 0 saturated carbocycles. The van der Waals surface area contributed by atoms with Gasteiger partial charge in [-0.3, -0.25) is 9.48 Å². The predicted octanol–water partition coefficient (Wildman–Crippen LogP) is 3.97. The van der Waals surface area contributed by atoms with Crippen LogP contribution < -0.4 is 0 Å². The zero-order valence-corrected chi connectivity index (χ0v) is 13.2. The van der Waals surface area contributed by atoms with E-state index in [2.05, 4.69) is 37.0 Å². The number of aromatic nitrogens is 2. The van der Waals surface area contributed by atoms with Gasteiger partial charge in [-0.05, 0) is 47.5 Å². The minimum atomic E-state index is -0.0139. The molecule has 0 atom stereocenters. The van der Waals surface area contributed by atoms with E-state index in [4.69, 9.17) is 0 Å². The molecule has 0 radical (unpaired) electrons. The number of hydrogen-bond donors (Lipinski definition) is 0. The van der Waals surface area contributed by atoms with Crippen molar-refractivity contribution in [3.05, 3.63) is 50.2 Å². The van der Waals surface area contributed by atoms with Gasteiger partial charge in [-0.25, -0.2) is 0 Å². The summed E-state index contributed by atoms with van der Waals surface area (Å²) >= 11 is 6.78. The average molecular weight is 372 g/mol. The van der Waals surface area contributed by atoms with Gasteiger partial charge in [0.15, 0.2) is 0 Å². The molecule has 18 heavy (non-hydrogen) atoms. The second kappa shape index (κ2) is 5.36. The summed E-state index contributed by atoms with van der Waals surface area (Å²) in [5, 5.41) is 4.17. The van der Waals surface area contributed by atoms with Crippen LogP contribution in [0.25, 0.3) is 0 Å². The van der Waals surface area contributed by atoms with Gasteiger partial charge in [0.2, 0.25) is 5.78 Å². The standard InChI is InChI=1S/C13H12Br2N2O/c1-3-17-12(11(15)7-16-17)13(18)10-6-9(14)5-4-8(10)2/h4-7H,3H2,1-2H3. The molecule has 0 unspecified atom stereocenters. The third-order valence-electron chi connectivity index (χ3n) is 2.75. The van der Waals surface area contributed by atoms with E-state index in [0.29, 0.717) is 17.8 Å². The Morgan fingerprint density at radius 1 is 1.39 bits per heavy atom. The summed E-state index contributed by atoms with van der Waals surface area (Å²) < 4.78 is 3.33. The van der Waals surface area contributed by atoms with Crippen LogP contribution in [-0.4, -0.2) is 15.6 Å². The zero-order chi connectivity index (χ0) is 13.3. The lowest BCUT2D eigenvalue weighted by Crippen LogP contribution is -2.12. The Morgan fingerprint density at radius 3 is 2.78 bits per heavy atom. The van der Waals surface area contributed by atoms with Crippen LogP contribution in [0.3, 0.4) is 0 Å². The van der Waals surface area contributed by atoms with E-state index in [0.717, 1.165) is 14.5 Å². The van der Waals surface area contributed by atoms with Crippen molar-refractivity contribution in [2.75, 3.05) is 0 Å². The number of halogens is 2. The molecule has 5 heteroatoms. The molecule has 0 saturated heterocycles. The van der Waals surface area contributed by atoms with Crippen molar-refractivity contribution < 1.29 is 4.79 Å². The average Bonchev–Trinajstić information content (AvgIpc) is 2.72. The number of carbonyl (C=O) groups excluding carboxylic acids is 1. The second-order valence-electron chi connectivity index (χ2n) is 3.95. The van der Waals surface area contributed by atoms with E-state index in [1.54, 1.807) is 10.9 Å². The number of carbonyl (C=O) groups is 1. The molecule has 0 aliphatic rings. The van der Waals surface area contributed by atoms with Crippen LogP contribution in [0.2, 0.25) is 0 Å². The lowest BCUT2D eigenvalue weighted by atomic mass is 10.0. The number of hydrogen-bond acceptors (Lipinski definition) is 2. The molecule has 2 rings (SSSR count). The fourth-order valence-electron chi connectivity index (χ4n) is 1.79. The highest BCUT2D eigenvalue weighted by molar-refractivity contribution is 9.10. The van der Waals surface area contributed by atoms with Crippen LogP contribution in [0.15, 0.2) is 33.3 Å². The minimum Gasteiger partial charge on any atom is -0.287 e. The van der Waals surface area contributed by atoms with Gasteiger partial charge >= 0.3 is 0 Å². The summed E-state index contributed by atoms with van der Waals surface area (Å²) in [7, 11) is 0. The molecule has 0 fully saturated rings. The molecular weight excluding hydrogens is 360 g/mol. The van der Waals surface area contributed by atoms with E-state index < -0.39 is 0 Å². The Morgan fingerprint density at radius 2 is 2.11 bits per heavy atom. The van der Waals surface area contributed by atoms with Crippen molar-refractivity contribution in [2.24, 2.45) is 0 Å². The van der Waals surface area contributed by atoms with E-state index in [1.165, 1.54) is 0 Å². The molecule has 0 bridgehead atoms. The summed E-state index contributed by atoms with van der Waals surface area (Å²) in [5.41, 5.74) is 2.25. The highest BCUT2D eigenvalue weighted by atomic mass is 79.9. The first kappa shape index (κ1) is 13.5. The molecule has 1 aromatic heterocycles. The molecule has 0 aliphatic heterocycles. The normalized spacial score (nSPS) is 10.7. The van der Waals surface area contributed by atoms with E-state index in [9.17, 15) is 4.79 Å². The second-order valence-corrected chi connectivity index (χ2v) is 5.72. The molecule has 1 aromatic carbocycles. The topological polar surface area (TPSA) is 34.9 Å².